The Bertz CT molecular complexity index is 729. The summed E-state index contributed by atoms with van der Waals surface area (Å²) in [4.78, 5) is 14.9. The van der Waals surface area contributed by atoms with E-state index in [1.807, 2.05) is 38.1 Å². The van der Waals surface area contributed by atoms with Gasteiger partial charge in [0.1, 0.15) is 5.75 Å². The highest BCUT2D eigenvalue weighted by Gasteiger charge is 2.25. The number of para-hydroxylation sites is 1. The van der Waals surface area contributed by atoms with Crippen LogP contribution in [-0.2, 0) is 0 Å². The van der Waals surface area contributed by atoms with E-state index in [-0.39, 0.29) is 11.9 Å². The lowest BCUT2D eigenvalue weighted by Crippen LogP contribution is -2.33. The van der Waals surface area contributed by atoms with Gasteiger partial charge in [0.05, 0.1) is 32.9 Å². The van der Waals surface area contributed by atoms with E-state index < -0.39 is 0 Å². The molecule has 5 heteroatoms. The Morgan fingerprint density at radius 3 is 2.36 bits per heavy atom. The molecule has 0 aliphatic heterocycles. The minimum Gasteiger partial charge on any atom is -0.497 e. The molecular formula is C20H25NO4. The summed E-state index contributed by atoms with van der Waals surface area (Å²) in [6, 6.07) is 13.0. The van der Waals surface area contributed by atoms with Crippen LogP contribution in [-0.4, -0.2) is 38.7 Å². The van der Waals surface area contributed by atoms with Gasteiger partial charge in [-0.05, 0) is 43.7 Å². The summed E-state index contributed by atoms with van der Waals surface area (Å²) >= 11 is 0. The zero-order valence-electron chi connectivity index (χ0n) is 15.4. The number of rotatable bonds is 7. The zero-order valence-corrected chi connectivity index (χ0v) is 15.4. The second-order valence-corrected chi connectivity index (χ2v) is 5.58. The summed E-state index contributed by atoms with van der Waals surface area (Å²) < 4.78 is 16.0. The Kier molecular flexibility index (Phi) is 6.28. The highest BCUT2D eigenvalue weighted by Crippen LogP contribution is 2.33. The fourth-order valence-corrected chi connectivity index (χ4v) is 2.88. The molecule has 0 aliphatic rings. The van der Waals surface area contributed by atoms with Crippen LogP contribution in [0.4, 0.5) is 0 Å². The number of methoxy groups -OCH3 is 3. The molecule has 0 fully saturated rings. The molecule has 0 N–H and O–H groups in total. The molecule has 1 unspecified atom stereocenters. The molecule has 0 aromatic heterocycles. The van der Waals surface area contributed by atoms with Crippen molar-refractivity contribution in [2.45, 2.75) is 19.9 Å². The first-order valence-corrected chi connectivity index (χ1v) is 8.23. The average molecular weight is 343 g/mol. The van der Waals surface area contributed by atoms with E-state index in [0.29, 0.717) is 23.6 Å². The first-order chi connectivity index (χ1) is 12.1. The number of carbonyl (C=O) groups is 1. The molecule has 1 atom stereocenters. The molecule has 5 nitrogen and oxygen atoms in total. The van der Waals surface area contributed by atoms with Crippen molar-refractivity contribution in [1.29, 1.82) is 0 Å². The number of amides is 1. The average Bonchev–Trinajstić information content (AvgIpc) is 2.67. The predicted molar refractivity (Wildman–Crippen MR) is 97.7 cm³/mol. The van der Waals surface area contributed by atoms with Crippen LogP contribution in [0.2, 0.25) is 0 Å². The third kappa shape index (κ3) is 3.87. The Morgan fingerprint density at radius 1 is 1.04 bits per heavy atom. The summed E-state index contributed by atoms with van der Waals surface area (Å²) in [5, 5.41) is 0. The highest BCUT2D eigenvalue weighted by atomic mass is 16.5. The highest BCUT2D eigenvalue weighted by molar-refractivity contribution is 5.98. The Morgan fingerprint density at radius 2 is 1.76 bits per heavy atom. The lowest BCUT2D eigenvalue weighted by atomic mass is 10.0. The van der Waals surface area contributed by atoms with E-state index >= 15 is 0 Å². The van der Waals surface area contributed by atoms with Crippen LogP contribution in [0.3, 0.4) is 0 Å². The maximum Gasteiger partial charge on any atom is 0.258 e. The molecule has 0 bridgehead atoms. The van der Waals surface area contributed by atoms with Crippen LogP contribution in [0.5, 0.6) is 17.2 Å². The van der Waals surface area contributed by atoms with Crippen LogP contribution in [0.25, 0.3) is 0 Å². The van der Waals surface area contributed by atoms with Gasteiger partial charge in [-0.15, -0.1) is 0 Å². The lowest BCUT2D eigenvalue weighted by Gasteiger charge is -2.29. The van der Waals surface area contributed by atoms with Gasteiger partial charge >= 0.3 is 0 Å². The van der Waals surface area contributed by atoms with Crippen molar-refractivity contribution in [2.75, 3.05) is 27.9 Å². The predicted octanol–water partition coefficient (Wildman–Crippen LogP) is 3.94. The number of hydrogen-bond acceptors (Lipinski definition) is 4. The van der Waals surface area contributed by atoms with Gasteiger partial charge in [0.2, 0.25) is 0 Å². The van der Waals surface area contributed by atoms with Crippen LogP contribution in [0.1, 0.15) is 35.8 Å². The molecule has 0 aliphatic carbocycles. The van der Waals surface area contributed by atoms with E-state index in [4.69, 9.17) is 14.2 Å². The monoisotopic (exact) mass is 343 g/mol. The molecular weight excluding hydrogens is 318 g/mol. The van der Waals surface area contributed by atoms with Gasteiger partial charge in [-0.3, -0.25) is 4.79 Å². The molecule has 134 valence electrons. The standard InChI is InChI=1S/C20H25NO4/c1-6-21(14(2)15-9-7-10-16(13-15)23-3)20(22)17-11-8-12-18(24-4)19(17)25-5/h7-14H,6H2,1-5H3. The van der Waals surface area contributed by atoms with Crippen molar-refractivity contribution in [2.24, 2.45) is 0 Å². The van der Waals surface area contributed by atoms with Gasteiger partial charge in [0.25, 0.3) is 5.91 Å². The molecule has 0 heterocycles. The SMILES string of the molecule is CCN(C(=O)c1cccc(OC)c1OC)C(C)c1cccc(OC)c1. The van der Waals surface area contributed by atoms with Gasteiger partial charge in [0.15, 0.2) is 11.5 Å². The number of carbonyl (C=O) groups excluding carboxylic acids is 1. The van der Waals surface area contributed by atoms with Crippen molar-refractivity contribution in [1.82, 2.24) is 4.90 Å². The number of nitrogens with zero attached hydrogens (tertiary/aromatic N) is 1. The van der Waals surface area contributed by atoms with Crippen molar-refractivity contribution in [3.05, 3.63) is 53.6 Å². The largest absolute Gasteiger partial charge is 0.497 e. The van der Waals surface area contributed by atoms with Crippen LogP contribution in [0.15, 0.2) is 42.5 Å². The van der Waals surface area contributed by atoms with Gasteiger partial charge in [-0.25, -0.2) is 0 Å². The molecule has 0 spiro atoms. The van der Waals surface area contributed by atoms with Crippen LogP contribution >= 0.6 is 0 Å². The maximum absolute atomic E-state index is 13.2. The smallest absolute Gasteiger partial charge is 0.258 e. The quantitative estimate of drug-likeness (QED) is 0.764. The number of benzene rings is 2. The minimum atomic E-state index is -0.108. The van der Waals surface area contributed by atoms with E-state index in [2.05, 4.69) is 0 Å². The molecule has 2 aromatic rings. The van der Waals surface area contributed by atoms with E-state index in [9.17, 15) is 4.79 Å². The molecule has 0 saturated carbocycles. The second kappa shape index (κ2) is 8.42. The third-order valence-electron chi connectivity index (χ3n) is 4.28. The lowest BCUT2D eigenvalue weighted by molar-refractivity contribution is 0.0698. The van der Waals surface area contributed by atoms with E-state index in [1.54, 1.807) is 37.3 Å². The van der Waals surface area contributed by atoms with Gasteiger partial charge < -0.3 is 19.1 Å². The Hall–Kier alpha value is -2.69. The van der Waals surface area contributed by atoms with Crippen molar-refractivity contribution in [3.63, 3.8) is 0 Å². The summed E-state index contributed by atoms with van der Waals surface area (Å²) in [5.41, 5.74) is 1.50. The van der Waals surface area contributed by atoms with Crippen molar-refractivity contribution >= 4 is 5.91 Å². The van der Waals surface area contributed by atoms with Crippen LogP contribution < -0.4 is 14.2 Å². The van der Waals surface area contributed by atoms with E-state index in [0.717, 1.165) is 11.3 Å². The maximum atomic E-state index is 13.2. The zero-order chi connectivity index (χ0) is 18.4. The molecule has 25 heavy (non-hydrogen) atoms. The topological polar surface area (TPSA) is 48.0 Å². The molecule has 0 radical (unpaired) electrons. The molecule has 2 rings (SSSR count). The number of hydrogen-bond donors (Lipinski definition) is 0. The van der Waals surface area contributed by atoms with Gasteiger partial charge in [-0.1, -0.05) is 18.2 Å². The van der Waals surface area contributed by atoms with E-state index in [1.165, 1.54) is 7.11 Å². The Balaban J connectivity index is 2.38. The van der Waals surface area contributed by atoms with Crippen molar-refractivity contribution in [3.8, 4) is 17.2 Å². The normalized spacial score (nSPS) is 11.6. The first kappa shape index (κ1) is 18.6. The number of ether oxygens (including phenoxy) is 3. The molecule has 0 saturated heterocycles. The molecule has 2 aromatic carbocycles. The van der Waals surface area contributed by atoms with Crippen LogP contribution in [0, 0.1) is 0 Å². The first-order valence-electron chi connectivity index (χ1n) is 8.23. The van der Waals surface area contributed by atoms with Crippen molar-refractivity contribution < 1.29 is 19.0 Å². The molecule has 1 amide bonds. The summed E-state index contributed by atoms with van der Waals surface area (Å²) in [6.45, 7) is 4.53. The summed E-state index contributed by atoms with van der Waals surface area (Å²) in [6.07, 6.45) is 0. The fraction of sp³-hybridized carbons (Fsp3) is 0.350. The minimum absolute atomic E-state index is 0.103. The Labute approximate surface area is 149 Å². The summed E-state index contributed by atoms with van der Waals surface area (Å²) in [7, 11) is 4.73. The second-order valence-electron chi connectivity index (χ2n) is 5.58. The van der Waals surface area contributed by atoms with Gasteiger partial charge in [0, 0.05) is 6.54 Å². The summed E-state index contributed by atoms with van der Waals surface area (Å²) in [5.74, 6) is 1.66. The fourth-order valence-electron chi connectivity index (χ4n) is 2.88. The third-order valence-corrected chi connectivity index (χ3v) is 4.28. The van der Waals surface area contributed by atoms with Gasteiger partial charge in [-0.2, -0.15) is 0 Å².